The van der Waals surface area contributed by atoms with Crippen LogP contribution in [0.1, 0.15) is 297 Å². The number of carbonyl (C=O) groups is 2. The molecule has 9 nitrogen and oxygen atoms in total. The van der Waals surface area contributed by atoms with Crippen LogP contribution in [0.15, 0.2) is 97.2 Å². The second-order valence-electron chi connectivity index (χ2n) is 23.9. The van der Waals surface area contributed by atoms with Crippen LogP contribution in [0.3, 0.4) is 0 Å². The Hall–Kier alpha value is -3.07. The minimum absolute atomic E-state index is 0.0276. The Morgan fingerprint density at radius 3 is 1.20 bits per heavy atom. The molecule has 0 saturated carbocycles. The molecule has 0 spiro atoms. The number of hydrogen-bond acceptors (Lipinski definition) is 7. The first-order valence-corrected chi connectivity index (χ1v) is 35.5. The number of phosphoric ester groups is 1. The number of carbonyl (C=O) groups excluding carboxylic acids is 2. The van der Waals surface area contributed by atoms with Gasteiger partial charge in [-0.25, -0.2) is 0 Å². The van der Waals surface area contributed by atoms with E-state index in [4.69, 9.17) is 13.8 Å². The van der Waals surface area contributed by atoms with E-state index in [1.165, 1.54) is 141 Å². The highest BCUT2D eigenvalue weighted by molar-refractivity contribution is 7.45. The lowest BCUT2D eigenvalue weighted by atomic mass is 10.0. The van der Waals surface area contributed by atoms with E-state index in [9.17, 15) is 19.0 Å². The van der Waals surface area contributed by atoms with Crippen LogP contribution in [0, 0.1) is 0 Å². The van der Waals surface area contributed by atoms with Gasteiger partial charge in [-0.2, -0.15) is 0 Å². The summed E-state index contributed by atoms with van der Waals surface area (Å²) in [6, 6.07) is -0.899. The molecule has 1 N–H and O–H groups in total. The fourth-order valence-electron chi connectivity index (χ4n) is 9.52. The predicted molar refractivity (Wildman–Crippen MR) is 353 cm³/mol. The highest BCUT2D eigenvalue weighted by atomic mass is 31.2. The van der Waals surface area contributed by atoms with Gasteiger partial charge in [-0.05, 0) is 109 Å². The van der Waals surface area contributed by atoms with Gasteiger partial charge in [-0.15, -0.1) is 0 Å². The first-order chi connectivity index (χ1) is 39.9. The standard InChI is InChI=1S/C72H129N2O7P/c1-7-10-13-16-19-22-25-28-30-32-33-34-35-36-37-38-39-40-41-43-44-46-49-52-55-58-61-64-71(75)73-69(68-80-82(77,78)79-67-66-74(4,5)6)70(63-60-57-54-51-48-27-24-21-18-15-12-9-3)81-72(76)65-62-59-56-53-50-47-45-42-31-29-26-23-20-17-14-11-8-2/h10,13,19-20,22-23,28-31,33-34,36-37,60,63,69-70H,7-9,11-12,14-18,21,24-27,32,35,38-59,61-62,64-68H2,1-6H3,(H-,73,75,77,78)/b13-10-,22-19-,23-20-,30-28-,31-29-,34-33-,37-36-,63-60-. The van der Waals surface area contributed by atoms with Gasteiger partial charge in [0, 0.05) is 12.8 Å². The van der Waals surface area contributed by atoms with E-state index in [1.54, 1.807) is 0 Å². The molecule has 1 amide bonds. The van der Waals surface area contributed by atoms with Crippen molar-refractivity contribution in [3.8, 4) is 0 Å². The Labute approximate surface area is 507 Å². The Morgan fingerprint density at radius 1 is 0.439 bits per heavy atom. The molecule has 0 bridgehead atoms. The summed E-state index contributed by atoms with van der Waals surface area (Å²) in [6.07, 6.45) is 82.3. The highest BCUT2D eigenvalue weighted by Gasteiger charge is 2.27. The fraction of sp³-hybridized carbons (Fsp3) is 0.750. The van der Waals surface area contributed by atoms with Crippen molar-refractivity contribution >= 4 is 19.7 Å². The first kappa shape index (κ1) is 78.9. The molecular weight excluding hydrogens is 1040 g/mol. The molecule has 0 aromatic carbocycles. The summed E-state index contributed by atoms with van der Waals surface area (Å²) in [5.41, 5.74) is 0. The number of likely N-dealkylation sites (N-methyl/N-ethyl adjacent to an activating group) is 1. The van der Waals surface area contributed by atoms with E-state index in [-0.39, 0.29) is 24.9 Å². The number of phosphoric acid groups is 1. The zero-order valence-electron chi connectivity index (χ0n) is 54.2. The van der Waals surface area contributed by atoms with Crippen molar-refractivity contribution in [2.24, 2.45) is 0 Å². The highest BCUT2D eigenvalue weighted by Crippen LogP contribution is 2.38. The van der Waals surface area contributed by atoms with Gasteiger partial charge in [0.1, 0.15) is 19.3 Å². The first-order valence-electron chi connectivity index (χ1n) is 34.0. The summed E-state index contributed by atoms with van der Waals surface area (Å²) >= 11 is 0. The molecule has 0 aliphatic rings. The average Bonchev–Trinajstić information content (AvgIpc) is 3.47. The van der Waals surface area contributed by atoms with Crippen molar-refractivity contribution < 1.29 is 37.3 Å². The molecule has 0 aromatic heterocycles. The molecule has 0 fully saturated rings. The zero-order valence-corrected chi connectivity index (χ0v) is 55.1. The molecule has 0 heterocycles. The maximum Gasteiger partial charge on any atom is 0.306 e. The van der Waals surface area contributed by atoms with Crippen LogP contribution in [0.4, 0.5) is 0 Å². The van der Waals surface area contributed by atoms with Crippen LogP contribution < -0.4 is 10.2 Å². The molecule has 0 aromatic rings. The Kier molecular flexibility index (Phi) is 58.7. The summed E-state index contributed by atoms with van der Waals surface area (Å²) in [5, 5.41) is 3.04. The van der Waals surface area contributed by atoms with Gasteiger partial charge in [-0.1, -0.05) is 272 Å². The summed E-state index contributed by atoms with van der Waals surface area (Å²) < 4.78 is 30.4. The monoisotopic (exact) mass is 1160 g/mol. The van der Waals surface area contributed by atoms with Gasteiger partial charge >= 0.3 is 5.97 Å². The maximum atomic E-state index is 13.6. The average molecular weight is 1170 g/mol. The number of hydrogen-bond donors (Lipinski definition) is 1. The third-order valence-corrected chi connectivity index (χ3v) is 15.7. The second-order valence-corrected chi connectivity index (χ2v) is 25.4. The van der Waals surface area contributed by atoms with Crippen LogP contribution in [0.25, 0.3) is 0 Å². The largest absolute Gasteiger partial charge is 0.756 e. The second kappa shape index (κ2) is 61.0. The number of ether oxygens (including phenoxy) is 1. The number of rotatable bonds is 61. The van der Waals surface area contributed by atoms with Crippen LogP contribution in [0.5, 0.6) is 0 Å². The molecule has 10 heteroatoms. The Bertz CT molecular complexity index is 1720. The molecule has 0 rings (SSSR count). The van der Waals surface area contributed by atoms with Crippen molar-refractivity contribution in [3.05, 3.63) is 97.2 Å². The fourth-order valence-corrected chi connectivity index (χ4v) is 10.2. The molecule has 0 radical (unpaired) electrons. The topological polar surface area (TPSA) is 114 Å². The third-order valence-electron chi connectivity index (χ3n) is 14.7. The zero-order chi connectivity index (χ0) is 60.0. The van der Waals surface area contributed by atoms with E-state index in [2.05, 4.69) is 111 Å². The Balaban J connectivity index is 5.09. The van der Waals surface area contributed by atoms with E-state index >= 15 is 0 Å². The van der Waals surface area contributed by atoms with Crippen molar-refractivity contribution in [1.82, 2.24) is 5.32 Å². The lowest BCUT2D eigenvalue weighted by Gasteiger charge is -2.30. The summed E-state index contributed by atoms with van der Waals surface area (Å²) in [6.45, 7) is 6.71. The molecular formula is C72H129N2O7P. The summed E-state index contributed by atoms with van der Waals surface area (Å²) in [5.74, 6) is -0.552. The molecule has 82 heavy (non-hydrogen) atoms. The van der Waals surface area contributed by atoms with E-state index in [0.29, 0.717) is 17.4 Å². The molecule has 0 aliphatic carbocycles. The van der Waals surface area contributed by atoms with Crippen molar-refractivity contribution in [2.45, 2.75) is 309 Å². The minimum atomic E-state index is -4.71. The van der Waals surface area contributed by atoms with Gasteiger partial charge in [0.2, 0.25) is 5.91 Å². The van der Waals surface area contributed by atoms with Crippen LogP contribution in [-0.4, -0.2) is 69.4 Å². The molecule has 0 aliphatic heterocycles. The van der Waals surface area contributed by atoms with E-state index < -0.39 is 26.6 Å². The molecule has 3 atom stereocenters. The Morgan fingerprint density at radius 2 is 0.780 bits per heavy atom. The number of nitrogens with one attached hydrogen (secondary N) is 1. The predicted octanol–water partition coefficient (Wildman–Crippen LogP) is 20.9. The SMILES string of the molecule is CC/C=C\C/C=C\C/C=C\C/C=C\C/C=C\CCCCCCCCCCCCCC(=O)NC(COP(=O)([O-])OCC[N+](C)(C)C)C(/C=C\CCCCCCCCCCCC)OC(=O)CCCCCCCCC/C=C\C/C=C\CCCCC. The van der Waals surface area contributed by atoms with Crippen LogP contribution in [-0.2, 0) is 27.9 Å². The van der Waals surface area contributed by atoms with E-state index in [0.717, 1.165) is 122 Å². The lowest BCUT2D eigenvalue weighted by molar-refractivity contribution is -0.870. The summed E-state index contributed by atoms with van der Waals surface area (Å²) in [4.78, 5) is 40.1. The quantitative estimate of drug-likeness (QED) is 0.0212. The smallest absolute Gasteiger partial charge is 0.306 e. The minimum Gasteiger partial charge on any atom is -0.756 e. The third kappa shape index (κ3) is 61.5. The molecule has 474 valence electrons. The number of nitrogens with zero attached hydrogens (tertiary/aromatic N) is 1. The number of unbranched alkanes of at least 4 members (excludes halogenated alkanes) is 31. The number of esters is 1. The molecule has 0 saturated heterocycles. The van der Waals surface area contributed by atoms with Gasteiger partial charge in [0.25, 0.3) is 7.82 Å². The van der Waals surface area contributed by atoms with Gasteiger partial charge in [0.05, 0.1) is 33.8 Å². The number of amides is 1. The normalized spacial score (nSPS) is 14.2. The van der Waals surface area contributed by atoms with Gasteiger partial charge in [-0.3, -0.25) is 14.2 Å². The van der Waals surface area contributed by atoms with Gasteiger partial charge in [0.15, 0.2) is 0 Å². The number of allylic oxidation sites excluding steroid dienone is 15. The van der Waals surface area contributed by atoms with Crippen molar-refractivity contribution in [3.63, 3.8) is 0 Å². The van der Waals surface area contributed by atoms with E-state index in [1.807, 2.05) is 33.3 Å². The van der Waals surface area contributed by atoms with Gasteiger partial charge < -0.3 is 28.5 Å². The lowest BCUT2D eigenvalue weighted by Crippen LogP contribution is -2.47. The van der Waals surface area contributed by atoms with Crippen molar-refractivity contribution in [1.29, 1.82) is 0 Å². The van der Waals surface area contributed by atoms with Crippen LogP contribution in [0.2, 0.25) is 0 Å². The molecule has 3 unspecified atom stereocenters. The van der Waals surface area contributed by atoms with Crippen LogP contribution >= 0.6 is 7.82 Å². The summed E-state index contributed by atoms with van der Waals surface area (Å²) in [7, 11) is 1.17. The number of quaternary nitrogens is 1. The maximum absolute atomic E-state index is 13.6. The van der Waals surface area contributed by atoms with Crippen molar-refractivity contribution in [2.75, 3.05) is 40.9 Å².